The largest absolute Gasteiger partial charge is 0.370 e. The molecule has 15 heavy (non-hydrogen) atoms. The van der Waals surface area contributed by atoms with E-state index in [1.165, 1.54) is 11.0 Å². The Morgan fingerprint density at radius 2 is 2.47 bits per heavy atom. The number of hydrogen-bond acceptors (Lipinski definition) is 3. The van der Waals surface area contributed by atoms with Crippen LogP contribution in [0.25, 0.3) is 0 Å². The number of likely N-dealkylation sites (N-methyl/N-ethyl adjacent to an activating group) is 1. The SMILES string of the molecule is C=N[C@@H](CC(N)=O)C1=CC(=O)N(C)C1Cl. The lowest BCUT2D eigenvalue weighted by atomic mass is 10.1. The van der Waals surface area contributed by atoms with E-state index in [4.69, 9.17) is 17.3 Å². The monoisotopic (exact) mass is 229 g/mol. The van der Waals surface area contributed by atoms with Gasteiger partial charge in [-0.05, 0) is 12.3 Å². The van der Waals surface area contributed by atoms with Crippen LogP contribution in [0.1, 0.15) is 6.42 Å². The van der Waals surface area contributed by atoms with Gasteiger partial charge in [-0.15, -0.1) is 0 Å². The Morgan fingerprint density at radius 3 is 2.80 bits per heavy atom. The van der Waals surface area contributed by atoms with Gasteiger partial charge in [-0.1, -0.05) is 11.6 Å². The van der Waals surface area contributed by atoms with Crippen LogP contribution < -0.4 is 5.73 Å². The molecule has 1 rings (SSSR count). The fourth-order valence-electron chi connectivity index (χ4n) is 1.38. The molecule has 0 aromatic rings. The summed E-state index contributed by atoms with van der Waals surface area (Å²) in [5, 5.41) is 0. The summed E-state index contributed by atoms with van der Waals surface area (Å²) >= 11 is 5.98. The Morgan fingerprint density at radius 1 is 1.87 bits per heavy atom. The van der Waals surface area contributed by atoms with Crippen molar-refractivity contribution >= 4 is 30.1 Å². The van der Waals surface area contributed by atoms with Crippen LogP contribution in [0.5, 0.6) is 0 Å². The van der Waals surface area contributed by atoms with Crippen LogP contribution in [0.2, 0.25) is 0 Å². The lowest BCUT2D eigenvalue weighted by Gasteiger charge is -2.19. The zero-order chi connectivity index (χ0) is 11.6. The first-order valence-electron chi connectivity index (χ1n) is 4.34. The van der Waals surface area contributed by atoms with Crippen LogP contribution >= 0.6 is 11.6 Å². The molecule has 1 aliphatic heterocycles. The topological polar surface area (TPSA) is 75.8 Å². The van der Waals surface area contributed by atoms with Gasteiger partial charge < -0.3 is 10.6 Å². The molecule has 0 aromatic heterocycles. The summed E-state index contributed by atoms with van der Waals surface area (Å²) in [4.78, 5) is 27.2. The average molecular weight is 230 g/mol. The van der Waals surface area contributed by atoms with Crippen molar-refractivity contribution in [1.29, 1.82) is 0 Å². The number of nitrogens with zero attached hydrogens (tertiary/aromatic N) is 2. The van der Waals surface area contributed by atoms with Crippen molar-refractivity contribution in [3.63, 3.8) is 0 Å². The van der Waals surface area contributed by atoms with Crippen LogP contribution in [-0.4, -0.2) is 42.0 Å². The first kappa shape index (κ1) is 11.7. The van der Waals surface area contributed by atoms with E-state index >= 15 is 0 Å². The number of hydrogen-bond donors (Lipinski definition) is 1. The molecule has 5 nitrogen and oxygen atoms in total. The van der Waals surface area contributed by atoms with E-state index in [9.17, 15) is 9.59 Å². The highest BCUT2D eigenvalue weighted by molar-refractivity contribution is 6.25. The van der Waals surface area contributed by atoms with E-state index < -0.39 is 17.5 Å². The molecule has 0 radical (unpaired) electrons. The van der Waals surface area contributed by atoms with Gasteiger partial charge in [-0.25, -0.2) is 0 Å². The second kappa shape index (κ2) is 4.44. The van der Waals surface area contributed by atoms with Crippen molar-refractivity contribution in [2.75, 3.05) is 7.05 Å². The standard InChI is InChI=1S/C9H12ClN3O2/c1-12-6(4-7(11)14)5-3-8(15)13(2)9(5)10/h3,6,9H,1,4H2,2H3,(H2,11,14)/t6-,9?/m0/s1. The maximum Gasteiger partial charge on any atom is 0.247 e. The van der Waals surface area contributed by atoms with Crippen molar-refractivity contribution in [3.8, 4) is 0 Å². The van der Waals surface area contributed by atoms with Crippen molar-refractivity contribution < 1.29 is 9.59 Å². The van der Waals surface area contributed by atoms with E-state index in [1.807, 2.05) is 0 Å². The minimum atomic E-state index is -0.577. The van der Waals surface area contributed by atoms with Crippen molar-refractivity contribution in [2.45, 2.75) is 18.0 Å². The van der Waals surface area contributed by atoms with Gasteiger partial charge in [0.05, 0.1) is 12.5 Å². The molecule has 6 heteroatoms. The predicted octanol–water partition coefficient (Wildman–Crippen LogP) is -0.106. The number of halogens is 1. The van der Waals surface area contributed by atoms with E-state index in [-0.39, 0.29) is 12.3 Å². The maximum absolute atomic E-state index is 11.3. The smallest absolute Gasteiger partial charge is 0.247 e. The molecule has 0 bridgehead atoms. The van der Waals surface area contributed by atoms with Gasteiger partial charge in [0.2, 0.25) is 11.8 Å². The summed E-state index contributed by atoms with van der Waals surface area (Å²) in [7, 11) is 1.58. The van der Waals surface area contributed by atoms with Crippen LogP contribution in [-0.2, 0) is 9.59 Å². The molecule has 1 heterocycles. The van der Waals surface area contributed by atoms with Gasteiger partial charge in [0, 0.05) is 13.1 Å². The molecule has 2 amide bonds. The minimum Gasteiger partial charge on any atom is -0.370 e. The van der Waals surface area contributed by atoms with Gasteiger partial charge in [-0.2, -0.15) is 0 Å². The highest BCUT2D eigenvalue weighted by Crippen LogP contribution is 2.26. The molecule has 0 aliphatic carbocycles. The number of carbonyl (C=O) groups is 2. The Kier molecular flexibility index (Phi) is 3.47. The lowest BCUT2D eigenvalue weighted by molar-refractivity contribution is -0.123. The van der Waals surface area contributed by atoms with Crippen LogP contribution in [0.4, 0.5) is 0 Å². The van der Waals surface area contributed by atoms with Gasteiger partial charge in [0.25, 0.3) is 0 Å². The molecule has 2 atom stereocenters. The first-order chi connectivity index (χ1) is 6.97. The van der Waals surface area contributed by atoms with E-state index in [0.29, 0.717) is 5.57 Å². The number of primary amides is 1. The third-order valence-electron chi connectivity index (χ3n) is 2.25. The Balaban J connectivity index is 2.86. The number of rotatable bonds is 4. The lowest BCUT2D eigenvalue weighted by Crippen LogP contribution is -2.30. The third kappa shape index (κ3) is 2.36. The molecule has 1 aliphatic rings. The summed E-state index contributed by atoms with van der Waals surface area (Å²) in [6.45, 7) is 3.36. The molecule has 0 saturated carbocycles. The zero-order valence-electron chi connectivity index (χ0n) is 8.31. The number of amides is 2. The van der Waals surface area contributed by atoms with Gasteiger partial charge in [-0.3, -0.25) is 14.6 Å². The van der Waals surface area contributed by atoms with E-state index in [2.05, 4.69) is 11.7 Å². The highest BCUT2D eigenvalue weighted by atomic mass is 35.5. The van der Waals surface area contributed by atoms with Gasteiger partial charge >= 0.3 is 0 Å². The fourth-order valence-corrected chi connectivity index (χ4v) is 1.69. The van der Waals surface area contributed by atoms with Crippen LogP contribution in [0.15, 0.2) is 16.6 Å². The van der Waals surface area contributed by atoms with Crippen LogP contribution in [0.3, 0.4) is 0 Å². The third-order valence-corrected chi connectivity index (χ3v) is 2.80. The molecule has 1 unspecified atom stereocenters. The average Bonchev–Trinajstić information content (AvgIpc) is 2.42. The highest BCUT2D eigenvalue weighted by Gasteiger charge is 2.32. The van der Waals surface area contributed by atoms with Crippen molar-refractivity contribution in [2.24, 2.45) is 10.7 Å². The number of alkyl halides is 1. The second-order valence-electron chi connectivity index (χ2n) is 3.30. The molecule has 0 spiro atoms. The predicted molar refractivity (Wildman–Crippen MR) is 57.6 cm³/mol. The quantitative estimate of drug-likeness (QED) is 0.415. The summed E-state index contributed by atoms with van der Waals surface area (Å²) in [5.41, 5.74) is 5.05. The van der Waals surface area contributed by atoms with Gasteiger partial charge in [0.1, 0.15) is 5.50 Å². The minimum absolute atomic E-state index is 0.0136. The van der Waals surface area contributed by atoms with Crippen molar-refractivity contribution in [1.82, 2.24) is 4.90 Å². The molecule has 0 saturated heterocycles. The molecule has 82 valence electrons. The molecular weight excluding hydrogens is 218 g/mol. The molecule has 0 fully saturated rings. The summed E-state index contributed by atoms with van der Waals surface area (Å²) in [6.07, 6.45) is 1.39. The zero-order valence-corrected chi connectivity index (χ0v) is 9.07. The van der Waals surface area contributed by atoms with E-state index in [0.717, 1.165) is 0 Å². The number of aliphatic imine (C=N–C) groups is 1. The van der Waals surface area contributed by atoms with Crippen LogP contribution in [0, 0.1) is 0 Å². The normalized spacial score (nSPS) is 22.5. The Bertz CT molecular complexity index is 340. The van der Waals surface area contributed by atoms with E-state index in [1.54, 1.807) is 7.05 Å². The number of nitrogens with two attached hydrogens (primary N) is 1. The van der Waals surface area contributed by atoms with Gasteiger partial charge in [0.15, 0.2) is 0 Å². The summed E-state index contributed by atoms with van der Waals surface area (Å²) < 4.78 is 0. The second-order valence-corrected chi connectivity index (χ2v) is 3.71. The van der Waals surface area contributed by atoms with Crippen molar-refractivity contribution in [3.05, 3.63) is 11.6 Å². The summed E-state index contributed by atoms with van der Waals surface area (Å²) in [6, 6.07) is -0.515. The molecular formula is C9H12ClN3O2. The summed E-state index contributed by atoms with van der Waals surface area (Å²) in [5.74, 6) is -0.706. The molecule has 0 aromatic carbocycles. The molecule has 2 N–H and O–H groups in total. The maximum atomic E-state index is 11.3. The fraction of sp³-hybridized carbons (Fsp3) is 0.444. The Hall–Kier alpha value is -1.36. The Labute approximate surface area is 92.6 Å². The first-order valence-corrected chi connectivity index (χ1v) is 4.77. The number of carbonyl (C=O) groups excluding carboxylic acids is 2.